The number of carbonyl (C=O) groups excluding carboxylic acids is 1. The summed E-state index contributed by atoms with van der Waals surface area (Å²) in [6.45, 7) is 4.26. The van der Waals surface area contributed by atoms with Crippen molar-refractivity contribution in [1.29, 1.82) is 0 Å². The Labute approximate surface area is 141 Å². The second-order valence-corrected chi connectivity index (χ2v) is 9.13. The average molecular weight is 362 g/mol. The predicted molar refractivity (Wildman–Crippen MR) is 88.7 cm³/mol. The summed E-state index contributed by atoms with van der Waals surface area (Å²) >= 11 is 5.61. The molecule has 2 rings (SSSR count). The van der Waals surface area contributed by atoms with Crippen molar-refractivity contribution in [2.24, 2.45) is 5.92 Å². The maximum atomic E-state index is 13.3. The van der Waals surface area contributed by atoms with Crippen molar-refractivity contribution in [2.75, 3.05) is 18.8 Å². The lowest BCUT2D eigenvalue weighted by atomic mass is 10.1. The van der Waals surface area contributed by atoms with Crippen LogP contribution in [0.4, 0.5) is 4.39 Å². The molecule has 0 atom stereocenters. The van der Waals surface area contributed by atoms with Gasteiger partial charge in [-0.2, -0.15) is 0 Å². The van der Waals surface area contributed by atoms with Gasteiger partial charge in [0.05, 0.1) is 16.0 Å². The van der Waals surface area contributed by atoms with Gasteiger partial charge in [0.2, 0.25) is 5.91 Å². The SMILES string of the molecule is CC(C)CS(=O)(=O)C1CN(C(=O)CCc2ccc(Cl)c(F)c2)C1. The van der Waals surface area contributed by atoms with Gasteiger partial charge in [-0.15, -0.1) is 0 Å². The summed E-state index contributed by atoms with van der Waals surface area (Å²) in [7, 11) is -3.12. The van der Waals surface area contributed by atoms with Crippen LogP contribution in [0.1, 0.15) is 25.8 Å². The molecule has 1 saturated heterocycles. The van der Waals surface area contributed by atoms with Crippen LogP contribution in [-0.4, -0.2) is 43.3 Å². The number of likely N-dealkylation sites (tertiary alicyclic amines) is 1. The fourth-order valence-electron chi connectivity index (χ4n) is 2.57. The fraction of sp³-hybridized carbons (Fsp3) is 0.562. The van der Waals surface area contributed by atoms with Gasteiger partial charge in [0.1, 0.15) is 5.82 Å². The molecule has 0 saturated carbocycles. The Hall–Kier alpha value is -1.14. The van der Waals surface area contributed by atoms with Crippen LogP contribution >= 0.6 is 11.6 Å². The number of hydrogen-bond acceptors (Lipinski definition) is 3. The highest BCUT2D eigenvalue weighted by atomic mass is 35.5. The quantitative estimate of drug-likeness (QED) is 0.782. The molecular formula is C16H21ClFNO3S. The van der Waals surface area contributed by atoms with E-state index in [1.54, 1.807) is 11.0 Å². The third-order valence-corrected chi connectivity index (χ3v) is 6.64. The molecule has 1 aliphatic rings. The first kappa shape index (κ1) is 18.2. The van der Waals surface area contributed by atoms with E-state index in [-0.39, 0.29) is 42.1 Å². The Balaban J connectivity index is 1.81. The van der Waals surface area contributed by atoms with Gasteiger partial charge >= 0.3 is 0 Å². The molecule has 1 aromatic carbocycles. The van der Waals surface area contributed by atoms with Gasteiger partial charge < -0.3 is 4.90 Å². The lowest BCUT2D eigenvalue weighted by molar-refractivity contribution is -0.134. The molecule has 0 bridgehead atoms. The molecule has 0 aromatic heterocycles. The van der Waals surface area contributed by atoms with Gasteiger partial charge in [-0.25, -0.2) is 12.8 Å². The molecule has 1 aromatic rings. The van der Waals surface area contributed by atoms with E-state index in [9.17, 15) is 17.6 Å². The van der Waals surface area contributed by atoms with Crippen LogP contribution in [0.3, 0.4) is 0 Å². The lowest BCUT2D eigenvalue weighted by Crippen LogP contribution is -2.57. The zero-order chi connectivity index (χ0) is 17.2. The Kier molecular flexibility index (Phi) is 5.68. The summed E-state index contributed by atoms with van der Waals surface area (Å²) in [5.41, 5.74) is 0.699. The van der Waals surface area contributed by atoms with E-state index in [2.05, 4.69) is 0 Å². The zero-order valence-electron chi connectivity index (χ0n) is 13.3. The Bertz CT molecular complexity index is 685. The number of sulfone groups is 1. The van der Waals surface area contributed by atoms with Gasteiger partial charge in [-0.3, -0.25) is 4.79 Å². The number of amides is 1. The summed E-state index contributed by atoms with van der Waals surface area (Å²) in [6.07, 6.45) is 0.644. The van der Waals surface area contributed by atoms with Crippen molar-refractivity contribution in [2.45, 2.75) is 31.9 Å². The molecule has 0 N–H and O–H groups in total. The highest BCUT2D eigenvalue weighted by Crippen LogP contribution is 2.21. The van der Waals surface area contributed by atoms with E-state index in [1.165, 1.54) is 12.1 Å². The van der Waals surface area contributed by atoms with E-state index in [0.29, 0.717) is 12.0 Å². The van der Waals surface area contributed by atoms with Crippen LogP contribution in [0.15, 0.2) is 18.2 Å². The smallest absolute Gasteiger partial charge is 0.222 e. The van der Waals surface area contributed by atoms with Crippen LogP contribution in [0, 0.1) is 11.7 Å². The molecule has 1 amide bonds. The van der Waals surface area contributed by atoms with Crippen molar-refractivity contribution in [3.63, 3.8) is 0 Å². The van der Waals surface area contributed by atoms with Gasteiger partial charge in [0.25, 0.3) is 0 Å². The maximum Gasteiger partial charge on any atom is 0.222 e. The normalized spacial score (nSPS) is 15.8. The third-order valence-electron chi connectivity index (χ3n) is 3.89. The Morgan fingerprint density at radius 1 is 1.39 bits per heavy atom. The van der Waals surface area contributed by atoms with Crippen LogP contribution < -0.4 is 0 Å². The number of halogens is 2. The second-order valence-electron chi connectivity index (χ2n) is 6.39. The van der Waals surface area contributed by atoms with Crippen LogP contribution in [0.5, 0.6) is 0 Å². The molecule has 7 heteroatoms. The number of benzene rings is 1. The minimum absolute atomic E-state index is 0.0565. The van der Waals surface area contributed by atoms with Crippen molar-refractivity contribution >= 4 is 27.3 Å². The molecule has 0 radical (unpaired) electrons. The molecular weight excluding hydrogens is 341 g/mol. The maximum absolute atomic E-state index is 13.3. The molecule has 1 aliphatic heterocycles. The van der Waals surface area contributed by atoms with E-state index in [0.717, 1.165) is 0 Å². The summed E-state index contributed by atoms with van der Waals surface area (Å²) in [5.74, 6) is -0.356. The van der Waals surface area contributed by atoms with Crippen molar-refractivity contribution in [1.82, 2.24) is 4.90 Å². The van der Waals surface area contributed by atoms with Gasteiger partial charge in [-0.1, -0.05) is 31.5 Å². The first-order valence-corrected chi connectivity index (χ1v) is 9.71. The van der Waals surface area contributed by atoms with Gasteiger partial charge in [-0.05, 0) is 30.0 Å². The zero-order valence-corrected chi connectivity index (χ0v) is 14.8. The number of nitrogens with zero attached hydrogens (tertiary/aromatic N) is 1. The monoisotopic (exact) mass is 361 g/mol. The molecule has 23 heavy (non-hydrogen) atoms. The standard InChI is InChI=1S/C16H21ClFNO3S/c1-11(2)10-23(21,22)13-8-19(9-13)16(20)6-4-12-3-5-14(17)15(18)7-12/h3,5,7,11,13H,4,6,8-10H2,1-2H3. The lowest BCUT2D eigenvalue weighted by Gasteiger charge is -2.39. The highest BCUT2D eigenvalue weighted by molar-refractivity contribution is 7.92. The molecule has 4 nitrogen and oxygen atoms in total. The van der Waals surface area contributed by atoms with Crippen molar-refractivity contribution in [3.8, 4) is 0 Å². The van der Waals surface area contributed by atoms with E-state index < -0.39 is 20.9 Å². The minimum atomic E-state index is -3.12. The summed E-state index contributed by atoms with van der Waals surface area (Å²) in [6, 6.07) is 4.47. The molecule has 1 heterocycles. The third kappa shape index (κ3) is 4.67. The number of aryl methyl sites for hydroxylation is 1. The first-order chi connectivity index (χ1) is 10.7. The second kappa shape index (κ2) is 7.18. The summed E-state index contributed by atoms with van der Waals surface area (Å²) < 4.78 is 37.4. The molecule has 0 aliphatic carbocycles. The molecule has 0 unspecified atom stereocenters. The van der Waals surface area contributed by atoms with Crippen molar-refractivity contribution in [3.05, 3.63) is 34.6 Å². The summed E-state index contributed by atoms with van der Waals surface area (Å²) in [4.78, 5) is 13.6. The van der Waals surface area contributed by atoms with Crippen LogP contribution in [0.2, 0.25) is 5.02 Å². The largest absolute Gasteiger partial charge is 0.340 e. The average Bonchev–Trinajstić information content (AvgIpc) is 2.36. The first-order valence-electron chi connectivity index (χ1n) is 7.62. The van der Waals surface area contributed by atoms with E-state index >= 15 is 0 Å². The number of hydrogen-bond donors (Lipinski definition) is 0. The van der Waals surface area contributed by atoms with E-state index in [1.807, 2.05) is 13.8 Å². The van der Waals surface area contributed by atoms with Crippen LogP contribution in [0.25, 0.3) is 0 Å². The summed E-state index contributed by atoms with van der Waals surface area (Å²) in [5, 5.41) is -0.386. The number of rotatable bonds is 6. The fourth-order valence-corrected chi connectivity index (χ4v) is 4.71. The molecule has 1 fully saturated rings. The van der Waals surface area contributed by atoms with E-state index in [4.69, 9.17) is 11.6 Å². The molecule has 128 valence electrons. The van der Waals surface area contributed by atoms with Crippen LogP contribution in [-0.2, 0) is 21.1 Å². The van der Waals surface area contributed by atoms with Gasteiger partial charge in [0.15, 0.2) is 9.84 Å². The highest BCUT2D eigenvalue weighted by Gasteiger charge is 2.39. The Morgan fingerprint density at radius 3 is 2.61 bits per heavy atom. The predicted octanol–water partition coefficient (Wildman–Crippen LogP) is 2.69. The minimum Gasteiger partial charge on any atom is -0.340 e. The molecule has 0 spiro atoms. The topological polar surface area (TPSA) is 54.5 Å². The van der Waals surface area contributed by atoms with Crippen molar-refractivity contribution < 1.29 is 17.6 Å². The van der Waals surface area contributed by atoms with Gasteiger partial charge in [0, 0.05) is 19.5 Å². The Morgan fingerprint density at radius 2 is 2.04 bits per heavy atom. The number of carbonyl (C=O) groups is 1.